The number of carbonyl (C=O) groups is 1. The number of fused-ring (bicyclic) bond motifs is 1. The summed E-state index contributed by atoms with van der Waals surface area (Å²) in [6, 6.07) is 11.2. The molecule has 5 heteroatoms. The van der Waals surface area contributed by atoms with Gasteiger partial charge in [-0.15, -0.1) is 0 Å². The van der Waals surface area contributed by atoms with E-state index in [4.69, 9.17) is 14.2 Å². The monoisotopic (exact) mass is 327 g/mol. The van der Waals surface area contributed by atoms with E-state index in [-0.39, 0.29) is 5.91 Å². The Hall–Kier alpha value is -2.69. The van der Waals surface area contributed by atoms with Gasteiger partial charge in [0, 0.05) is 11.8 Å². The van der Waals surface area contributed by atoms with E-state index < -0.39 is 6.10 Å². The standard InChI is InChI=1S/C19H21NO4/c1-12-8-13(2)10-16(9-12)24-14(3)19(21)20-15-4-5-17-18(11-15)23-7-6-22-17/h4-5,8-11,14H,6-7H2,1-3H3,(H,20,21). The van der Waals surface area contributed by atoms with Crippen LogP contribution in [0.15, 0.2) is 36.4 Å². The summed E-state index contributed by atoms with van der Waals surface area (Å²) in [5, 5.41) is 2.84. The molecule has 1 atom stereocenters. The van der Waals surface area contributed by atoms with Crippen LogP contribution in [0.1, 0.15) is 18.1 Å². The number of amides is 1. The van der Waals surface area contributed by atoms with Crippen molar-refractivity contribution < 1.29 is 19.0 Å². The van der Waals surface area contributed by atoms with Crippen LogP contribution < -0.4 is 19.5 Å². The quantitative estimate of drug-likeness (QED) is 0.934. The van der Waals surface area contributed by atoms with Gasteiger partial charge >= 0.3 is 0 Å². The van der Waals surface area contributed by atoms with Crippen LogP contribution in [0.5, 0.6) is 17.2 Å². The number of aryl methyl sites for hydroxylation is 2. The van der Waals surface area contributed by atoms with Crippen LogP contribution in [0.2, 0.25) is 0 Å². The number of carbonyl (C=O) groups excluding carboxylic acids is 1. The van der Waals surface area contributed by atoms with Crippen LogP contribution in [0, 0.1) is 13.8 Å². The molecule has 126 valence electrons. The fourth-order valence-electron chi connectivity index (χ4n) is 2.62. The summed E-state index contributed by atoms with van der Waals surface area (Å²) in [5.74, 6) is 1.81. The first-order chi connectivity index (χ1) is 11.5. The van der Waals surface area contributed by atoms with Crippen molar-refractivity contribution >= 4 is 11.6 Å². The highest BCUT2D eigenvalue weighted by Gasteiger charge is 2.17. The Morgan fingerprint density at radius 3 is 2.42 bits per heavy atom. The molecule has 1 unspecified atom stereocenters. The normalized spacial score (nSPS) is 14.0. The van der Waals surface area contributed by atoms with Crippen LogP contribution >= 0.6 is 0 Å². The van der Waals surface area contributed by atoms with E-state index in [0.29, 0.717) is 36.1 Å². The van der Waals surface area contributed by atoms with Gasteiger partial charge in [-0.05, 0) is 56.2 Å². The smallest absolute Gasteiger partial charge is 0.265 e. The van der Waals surface area contributed by atoms with Crippen molar-refractivity contribution in [2.24, 2.45) is 0 Å². The molecule has 0 spiro atoms. The van der Waals surface area contributed by atoms with Crippen molar-refractivity contribution in [2.75, 3.05) is 18.5 Å². The molecule has 3 rings (SSSR count). The highest BCUT2D eigenvalue weighted by molar-refractivity contribution is 5.94. The Kier molecular flexibility index (Phi) is 4.60. The Balaban J connectivity index is 1.65. The molecule has 1 amide bonds. The third kappa shape index (κ3) is 3.79. The first-order valence-corrected chi connectivity index (χ1v) is 7.97. The summed E-state index contributed by atoms with van der Waals surface area (Å²) in [4.78, 5) is 12.3. The van der Waals surface area contributed by atoms with Gasteiger partial charge in [-0.2, -0.15) is 0 Å². The molecular formula is C19H21NO4. The summed E-state index contributed by atoms with van der Waals surface area (Å²) in [6.45, 7) is 6.78. The summed E-state index contributed by atoms with van der Waals surface area (Å²) < 4.78 is 16.7. The predicted molar refractivity (Wildman–Crippen MR) is 92.1 cm³/mol. The minimum Gasteiger partial charge on any atom is -0.486 e. The van der Waals surface area contributed by atoms with Crippen LogP contribution in [0.3, 0.4) is 0 Å². The van der Waals surface area contributed by atoms with Crippen LogP contribution in [0.4, 0.5) is 5.69 Å². The third-order valence-corrected chi connectivity index (χ3v) is 3.69. The number of nitrogens with one attached hydrogen (secondary N) is 1. The molecule has 0 saturated carbocycles. The van der Waals surface area contributed by atoms with Crippen molar-refractivity contribution in [1.82, 2.24) is 0 Å². The SMILES string of the molecule is Cc1cc(C)cc(OC(C)C(=O)Nc2ccc3c(c2)OCCO3)c1. The minimum atomic E-state index is -0.612. The van der Waals surface area contributed by atoms with E-state index in [2.05, 4.69) is 11.4 Å². The summed E-state index contributed by atoms with van der Waals surface area (Å²) >= 11 is 0. The van der Waals surface area contributed by atoms with Crippen molar-refractivity contribution in [1.29, 1.82) is 0 Å². The molecule has 0 fully saturated rings. The number of hydrogen-bond acceptors (Lipinski definition) is 4. The minimum absolute atomic E-state index is 0.217. The molecule has 5 nitrogen and oxygen atoms in total. The fourth-order valence-corrected chi connectivity index (χ4v) is 2.62. The molecule has 1 aliphatic heterocycles. The van der Waals surface area contributed by atoms with Crippen molar-refractivity contribution in [2.45, 2.75) is 26.9 Å². The Bertz CT molecular complexity index is 737. The van der Waals surface area contributed by atoms with Crippen molar-refractivity contribution in [3.8, 4) is 17.2 Å². The molecule has 1 heterocycles. The van der Waals surface area contributed by atoms with Gasteiger partial charge in [0.25, 0.3) is 5.91 Å². The van der Waals surface area contributed by atoms with Gasteiger partial charge < -0.3 is 19.5 Å². The zero-order chi connectivity index (χ0) is 17.1. The van der Waals surface area contributed by atoms with E-state index in [1.807, 2.05) is 26.0 Å². The van der Waals surface area contributed by atoms with Gasteiger partial charge in [0.05, 0.1) is 0 Å². The second-order valence-corrected chi connectivity index (χ2v) is 5.93. The largest absolute Gasteiger partial charge is 0.486 e. The average molecular weight is 327 g/mol. The van der Waals surface area contributed by atoms with Crippen LogP contribution in [0.25, 0.3) is 0 Å². The molecule has 1 N–H and O–H groups in total. The molecule has 24 heavy (non-hydrogen) atoms. The number of anilines is 1. The van der Waals surface area contributed by atoms with Crippen LogP contribution in [-0.2, 0) is 4.79 Å². The molecular weight excluding hydrogens is 306 g/mol. The van der Waals surface area contributed by atoms with E-state index >= 15 is 0 Å². The maximum atomic E-state index is 12.3. The first-order valence-electron chi connectivity index (χ1n) is 7.97. The van der Waals surface area contributed by atoms with Gasteiger partial charge in [0.1, 0.15) is 19.0 Å². The molecule has 0 bridgehead atoms. The van der Waals surface area contributed by atoms with E-state index in [1.165, 1.54) is 0 Å². The molecule has 0 aromatic heterocycles. The third-order valence-electron chi connectivity index (χ3n) is 3.69. The lowest BCUT2D eigenvalue weighted by Crippen LogP contribution is -2.30. The maximum absolute atomic E-state index is 12.3. The highest BCUT2D eigenvalue weighted by atomic mass is 16.6. The fraction of sp³-hybridized carbons (Fsp3) is 0.316. The van der Waals surface area contributed by atoms with Crippen molar-refractivity contribution in [3.63, 3.8) is 0 Å². The number of hydrogen-bond donors (Lipinski definition) is 1. The molecule has 0 radical (unpaired) electrons. The topological polar surface area (TPSA) is 56.8 Å². The summed E-state index contributed by atoms with van der Waals surface area (Å²) in [6.07, 6.45) is -0.612. The Labute approximate surface area is 141 Å². The zero-order valence-corrected chi connectivity index (χ0v) is 14.1. The second kappa shape index (κ2) is 6.83. The Morgan fingerprint density at radius 2 is 1.71 bits per heavy atom. The number of rotatable bonds is 4. The lowest BCUT2D eigenvalue weighted by molar-refractivity contribution is -0.122. The number of ether oxygens (including phenoxy) is 3. The highest BCUT2D eigenvalue weighted by Crippen LogP contribution is 2.32. The van der Waals surface area contributed by atoms with Crippen LogP contribution in [-0.4, -0.2) is 25.2 Å². The molecule has 1 aliphatic rings. The summed E-state index contributed by atoms with van der Waals surface area (Å²) in [7, 11) is 0. The van der Waals surface area contributed by atoms with E-state index in [0.717, 1.165) is 11.1 Å². The maximum Gasteiger partial charge on any atom is 0.265 e. The van der Waals surface area contributed by atoms with E-state index in [1.54, 1.807) is 25.1 Å². The van der Waals surface area contributed by atoms with Gasteiger partial charge in [0.2, 0.25) is 0 Å². The number of benzene rings is 2. The second-order valence-electron chi connectivity index (χ2n) is 5.93. The molecule has 0 aliphatic carbocycles. The zero-order valence-electron chi connectivity index (χ0n) is 14.1. The predicted octanol–water partition coefficient (Wildman–Crippen LogP) is 3.48. The van der Waals surface area contributed by atoms with Crippen molar-refractivity contribution in [3.05, 3.63) is 47.5 Å². The molecule has 0 saturated heterocycles. The van der Waals surface area contributed by atoms with Gasteiger partial charge in [-0.25, -0.2) is 0 Å². The Morgan fingerprint density at radius 1 is 1.04 bits per heavy atom. The first kappa shape index (κ1) is 16.2. The lowest BCUT2D eigenvalue weighted by atomic mass is 10.1. The average Bonchev–Trinajstić information content (AvgIpc) is 2.53. The lowest BCUT2D eigenvalue weighted by Gasteiger charge is -2.20. The van der Waals surface area contributed by atoms with Gasteiger partial charge in [-0.1, -0.05) is 6.07 Å². The molecule has 2 aromatic rings. The van der Waals surface area contributed by atoms with Gasteiger partial charge in [-0.3, -0.25) is 4.79 Å². The molecule has 2 aromatic carbocycles. The van der Waals surface area contributed by atoms with Gasteiger partial charge in [0.15, 0.2) is 17.6 Å². The van der Waals surface area contributed by atoms with E-state index in [9.17, 15) is 4.79 Å². The summed E-state index contributed by atoms with van der Waals surface area (Å²) in [5.41, 5.74) is 2.86.